The summed E-state index contributed by atoms with van der Waals surface area (Å²) in [5.74, 6) is -16.3. The van der Waals surface area contributed by atoms with Gasteiger partial charge in [0.25, 0.3) is 5.91 Å². The molecule has 592 valence electrons. The molecule has 1 fully saturated rings. The molecular weight excluding hydrogens is 1430 g/mol. The molecule has 2 heterocycles. The topological polar surface area (TPSA) is 621 Å². The number of unbranched alkanes of at least 4 members (excludes halogenated alkanes) is 1. The zero-order chi connectivity index (χ0) is 80.4. The molecule has 1 aliphatic heterocycles. The number of aliphatic hydroxyl groups is 4. The lowest BCUT2D eigenvalue weighted by molar-refractivity contribution is -0.148. The van der Waals surface area contributed by atoms with E-state index >= 15 is 0 Å². The van der Waals surface area contributed by atoms with Gasteiger partial charge in [-0.15, -0.1) is 0 Å². The molecular formula is C70H97N19O20. The maximum Gasteiger partial charge on any atom is 0.325 e. The lowest BCUT2D eigenvalue weighted by Gasteiger charge is -2.28. The van der Waals surface area contributed by atoms with Crippen molar-refractivity contribution in [1.82, 2.24) is 84.0 Å². The van der Waals surface area contributed by atoms with Gasteiger partial charge in [0, 0.05) is 51.0 Å². The Kier molecular flexibility index (Phi) is 35.7. The van der Waals surface area contributed by atoms with Gasteiger partial charge in [-0.3, -0.25) is 82.2 Å². The average molecular weight is 1520 g/mol. The Morgan fingerprint density at radius 2 is 0.972 bits per heavy atom. The van der Waals surface area contributed by atoms with Gasteiger partial charge in [0.2, 0.25) is 76.8 Å². The van der Waals surface area contributed by atoms with Gasteiger partial charge < -0.3 is 111 Å². The monoisotopic (exact) mass is 1520 g/mol. The van der Waals surface area contributed by atoms with Crippen molar-refractivity contribution >= 4 is 94.6 Å². The van der Waals surface area contributed by atoms with Crippen LogP contribution in [-0.2, 0) is 97.6 Å². The molecule has 39 heteroatoms. The third-order valence-corrected chi connectivity index (χ3v) is 17.0. The van der Waals surface area contributed by atoms with E-state index in [4.69, 9.17) is 16.9 Å². The number of guanidine groups is 1. The number of carbonyl (C=O) groups is 15. The second-order valence-corrected chi connectivity index (χ2v) is 25.8. The molecule has 0 radical (unpaired) electrons. The first-order chi connectivity index (χ1) is 51.8. The highest BCUT2D eigenvalue weighted by Crippen LogP contribution is 2.21. The Morgan fingerprint density at radius 3 is 1.44 bits per heavy atom. The molecule has 39 nitrogen and oxygen atoms in total. The molecule has 109 heavy (non-hydrogen) atoms. The van der Waals surface area contributed by atoms with Crippen LogP contribution in [0.25, 0.3) is 0 Å². The number of carboxylic acids is 1. The number of likely N-dealkylation sites (tertiary alicyclic amines) is 1. The van der Waals surface area contributed by atoms with Crippen molar-refractivity contribution in [3.8, 4) is 0 Å². The molecule has 1 saturated heterocycles. The zero-order valence-corrected chi connectivity index (χ0v) is 60.4. The fraction of sp³-hybridized carbons (Fsp3) is 0.471. The van der Waals surface area contributed by atoms with E-state index in [0.717, 1.165) is 13.8 Å². The zero-order valence-electron chi connectivity index (χ0n) is 60.4. The second-order valence-electron chi connectivity index (χ2n) is 25.8. The molecule has 3 aromatic carbocycles. The number of hydrogen-bond acceptors (Lipinski definition) is 22. The minimum absolute atomic E-state index is 0.00618. The van der Waals surface area contributed by atoms with Gasteiger partial charge in [0.05, 0.1) is 44.7 Å². The first-order valence-electron chi connectivity index (χ1n) is 35.0. The number of carbonyl (C=O) groups excluding carboxylic acids is 14. The fourth-order valence-electron chi connectivity index (χ4n) is 11.2. The predicted molar refractivity (Wildman–Crippen MR) is 386 cm³/mol. The molecule has 0 bridgehead atoms. The Labute approximate surface area is 626 Å². The van der Waals surface area contributed by atoms with Crippen LogP contribution < -0.4 is 80.6 Å². The van der Waals surface area contributed by atoms with Gasteiger partial charge in [0.15, 0.2) is 5.96 Å². The molecule has 5 rings (SSSR count). The molecule has 0 saturated carbocycles. The normalized spacial score (nSPS) is 16.1. The largest absolute Gasteiger partial charge is 0.480 e. The van der Waals surface area contributed by atoms with Crippen LogP contribution in [0.2, 0.25) is 0 Å². The van der Waals surface area contributed by atoms with Crippen molar-refractivity contribution in [2.75, 3.05) is 32.8 Å². The number of aromatic amines is 1. The number of aliphatic hydroxyl groups excluding tert-OH is 4. The molecule has 0 aliphatic carbocycles. The number of nitrogens with zero attached hydrogens (tertiary/aromatic N) is 2. The number of carboxylic acid groups (broad SMARTS) is 1. The third-order valence-electron chi connectivity index (χ3n) is 17.0. The summed E-state index contributed by atoms with van der Waals surface area (Å²) < 4.78 is 0. The Hall–Kier alpha value is -11.8. The smallest absolute Gasteiger partial charge is 0.325 e. The molecule has 1 aromatic heterocycles. The van der Waals surface area contributed by atoms with Gasteiger partial charge in [-0.25, -0.2) is 4.98 Å². The van der Waals surface area contributed by atoms with Crippen molar-refractivity contribution in [3.63, 3.8) is 0 Å². The minimum atomic E-state index is -1.97. The van der Waals surface area contributed by atoms with E-state index in [2.05, 4.69) is 79.1 Å². The fourth-order valence-corrected chi connectivity index (χ4v) is 11.2. The predicted octanol–water partition coefficient (Wildman–Crippen LogP) is -7.48. The quantitative estimate of drug-likeness (QED) is 0.00846. The number of amides is 14. The van der Waals surface area contributed by atoms with E-state index in [1.54, 1.807) is 91.0 Å². The average Bonchev–Trinajstić information content (AvgIpc) is 1.64. The second kappa shape index (κ2) is 44.3. The molecule has 0 spiro atoms. The molecule has 13 unspecified atom stereocenters. The van der Waals surface area contributed by atoms with E-state index < -0.39 is 206 Å². The van der Waals surface area contributed by atoms with Crippen LogP contribution in [0.1, 0.15) is 88.6 Å². The van der Waals surface area contributed by atoms with Crippen molar-refractivity contribution in [2.45, 2.75) is 177 Å². The highest BCUT2D eigenvalue weighted by Gasteiger charge is 2.46. The van der Waals surface area contributed by atoms with E-state index in [1.165, 1.54) is 26.4 Å². The molecule has 14 atom stereocenters. The van der Waals surface area contributed by atoms with Crippen LogP contribution in [0.15, 0.2) is 104 Å². The summed E-state index contributed by atoms with van der Waals surface area (Å²) >= 11 is 0. The molecule has 1 aliphatic rings. The Balaban J connectivity index is 1.26. The number of imidazole rings is 1. The summed E-state index contributed by atoms with van der Waals surface area (Å²) in [6.07, 6.45) is -2.18. The number of nitrogens with one attached hydrogen (secondary N) is 15. The van der Waals surface area contributed by atoms with E-state index in [-0.39, 0.29) is 70.9 Å². The van der Waals surface area contributed by atoms with Gasteiger partial charge >= 0.3 is 5.97 Å². The number of imide groups is 1. The number of nitrogens with two attached hydrogens (primary N) is 2. The SMILES string of the molecule is CC(=O)NC(Cc1ccccc1)C(=O)NC(Cc1ccccc1)C(=O)NC(Cc1cnc[nH]1)C(=O)NC(CCCNC(=N)N)C(=O)NC(C(=O)NC(CO)C(=O)NC(CCCCN)C(=O)NC(CO)C(=O)NC(C(=O)NCC(=O)NC1CC(=O)N(C(Cc2ccccc2)C(=O)N[C@@H](C)C(=O)O)C1=O)C(C)O)C(C)O. The maximum atomic E-state index is 14.6. The number of hydrogen-bond donors (Lipinski definition) is 22. The highest BCUT2D eigenvalue weighted by molar-refractivity contribution is 6.10. The summed E-state index contributed by atoms with van der Waals surface area (Å²) in [6.45, 7) is 1.31. The van der Waals surface area contributed by atoms with Crippen LogP contribution >= 0.6 is 0 Å². The van der Waals surface area contributed by atoms with Crippen molar-refractivity contribution in [3.05, 3.63) is 126 Å². The van der Waals surface area contributed by atoms with Crippen molar-refractivity contribution in [1.29, 1.82) is 5.41 Å². The van der Waals surface area contributed by atoms with Crippen molar-refractivity contribution < 1.29 is 97.5 Å². The van der Waals surface area contributed by atoms with E-state index in [9.17, 15) is 97.5 Å². The number of benzene rings is 3. The lowest BCUT2D eigenvalue weighted by Crippen LogP contribution is -2.63. The number of H-pyrrole nitrogens is 1. The standard InChI is InChI=1S/C70H97N19O20/c1-37(69(108)109)78-65(104)53(29-43-21-12-7-13-22-43)89-55(96)31-50(68(89)107)80-54(95)33-76-66(105)56(38(2)92)87-64(103)52(35-91)85-58(97)45(23-14-15-25-71)82-63(102)51(34-90)86-67(106)57(39(3)93)88-59(98)46(24-16-26-75-70(72)73)81-62(101)49(30-44-32-74-36-77-44)84-61(100)48(28-42-19-10-6-11-20-42)83-60(99)47(79-40(4)94)27-41-17-8-5-9-18-41/h5-13,17-22,32,36-39,45-53,56-57,90-93H,14-16,23-31,33-35,71H2,1-4H3,(H,74,77)(H,76,105)(H,78,104)(H,79,94)(H,80,95)(H,81,101)(H,82,102)(H,83,99)(H,84,100)(H,85,97)(H,86,106)(H,87,103)(H,88,98)(H,108,109)(H4,72,73,75)/t37-,38?,39?,45?,46?,47?,48?,49?,50?,51?,52?,53?,56?,57?/m0/s1. The Bertz CT molecular complexity index is 3780. The number of aromatic nitrogens is 2. The molecule has 24 N–H and O–H groups in total. The molecule has 4 aromatic rings. The molecule has 14 amide bonds. The van der Waals surface area contributed by atoms with Crippen LogP contribution in [-0.4, -0.2) is 253 Å². The third kappa shape index (κ3) is 28.8. The summed E-state index contributed by atoms with van der Waals surface area (Å²) in [5.41, 5.74) is 13.3. The first kappa shape index (κ1) is 87.8. The van der Waals surface area contributed by atoms with Gasteiger partial charge in [-0.2, -0.15) is 0 Å². The van der Waals surface area contributed by atoms with E-state index in [0.29, 0.717) is 27.3 Å². The summed E-state index contributed by atoms with van der Waals surface area (Å²) in [7, 11) is 0. The summed E-state index contributed by atoms with van der Waals surface area (Å²) in [4.78, 5) is 212. The maximum absolute atomic E-state index is 14.6. The highest BCUT2D eigenvalue weighted by atomic mass is 16.4. The van der Waals surface area contributed by atoms with Crippen LogP contribution in [0.5, 0.6) is 0 Å². The van der Waals surface area contributed by atoms with Crippen LogP contribution in [0.3, 0.4) is 0 Å². The summed E-state index contributed by atoms with van der Waals surface area (Å²) in [6, 6.07) is 5.83. The summed E-state index contributed by atoms with van der Waals surface area (Å²) in [5, 5.41) is 90.6. The van der Waals surface area contributed by atoms with Crippen LogP contribution in [0.4, 0.5) is 0 Å². The van der Waals surface area contributed by atoms with Crippen molar-refractivity contribution in [2.24, 2.45) is 11.5 Å². The van der Waals surface area contributed by atoms with Gasteiger partial charge in [-0.05, 0) is 76.1 Å². The van der Waals surface area contributed by atoms with Gasteiger partial charge in [0.1, 0.15) is 72.5 Å². The Morgan fingerprint density at radius 1 is 0.541 bits per heavy atom. The van der Waals surface area contributed by atoms with E-state index in [1.807, 2.05) is 0 Å². The minimum Gasteiger partial charge on any atom is -0.480 e. The first-order valence-corrected chi connectivity index (χ1v) is 35.0. The number of aliphatic carboxylic acids is 1. The van der Waals surface area contributed by atoms with Gasteiger partial charge in [-0.1, -0.05) is 91.0 Å². The van der Waals surface area contributed by atoms with Crippen LogP contribution in [0, 0.1) is 5.41 Å². The number of rotatable bonds is 45. The lowest BCUT2D eigenvalue weighted by atomic mass is 10.0.